The molecule has 0 bridgehead atoms. The van der Waals surface area contributed by atoms with Gasteiger partial charge in [-0.15, -0.1) is 0 Å². The van der Waals surface area contributed by atoms with Crippen molar-refractivity contribution >= 4 is 11.8 Å². The van der Waals surface area contributed by atoms with E-state index in [1.807, 2.05) is 76.5 Å². The van der Waals surface area contributed by atoms with Crippen molar-refractivity contribution in [1.29, 1.82) is 0 Å². The molecule has 3 aromatic rings. The number of hydrogen-bond donors (Lipinski definition) is 0. The Labute approximate surface area is 208 Å². The number of likely N-dealkylation sites (tertiary alicyclic amines) is 1. The van der Waals surface area contributed by atoms with Gasteiger partial charge in [-0.2, -0.15) is 0 Å². The Morgan fingerprint density at radius 3 is 2.34 bits per heavy atom. The lowest BCUT2D eigenvalue weighted by Crippen LogP contribution is -2.49. The Kier molecular flexibility index (Phi) is 8.19. The largest absolute Gasteiger partial charge is 0.489 e. The van der Waals surface area contributed by atoms with E-state index in [0.717, 1.165) is 30.4 Å². The lowest BCUT2D eigenvalue weighted by Gasteiger charge is -2.38. The van der Waals surface area contributed by atoms with Crippen molar-refractivity contribution < 1.29 is 14.3 Å². The first kappa shape index (κ1) is 24.5. The Morgan fingerprint density at radius 1 is 0.914 bits per heavy atom. The fourth-order valence-electron chi connectivity index (χ4n) is 4.69. The van der Waals surface area contributed by atoms with Gasteiger partial charge in [-0.25, -0.2) is 0 Å². The molecule has 2 amide bonds. The van der Waals surface area contributed by atoms with E-state index in [0.29, 0.717) is 37.6 Å². The molecule has 0 spiro atoms. The lowest BCUT2D eigenvalue weighted by atomic mass is 10.0. The van der Waals surface area contributed by atoms with E-state index >= 15 is 0 Å². The highest BCUT2D eigenvalue weighted by molar-refractivity contribution is 5.95. The summed E-state index contributed by atoms with van der Waals surface area (Å²) in [6, 6.07) is 25.2. The molecule has 5 nitrogen and oxygen atoms in total. The molecule has 0 N–H and O–H groups in total. The van der Waals surface area contributed by atoms with E-state index in [4.69, 9.17) is 4.74 Å². The van der Waals surface area contributed by atoms with E-state index in [1.165, 1.54) is 5.56 Å². The second-order valence-electron chi connectivity index (χ2n) is 9.19. The van der Waals surface area contributed by atoms with Gasteiger partial charge in [0.05, 0.1) is 0 Å². The third-order valence-electron chi connectivity index (χ3n) is 6.51. The molecule has 3 aromatic carbocycles. The highest BCUT2D eigenvalue weighted by Crippen LogP contribution is 2.23. The third kappa shape index (κ3) is 6.30. The molecule has 1 heterocycles. The molecule has 0 unspecified atom stereocenters. The summed E-state index contributed by atoms with van der Waals surface area (Å²) in [7, 11) is 0. The van der Waals surface area contributed by atoms with Crippen LogP contribution >= 0.6 is 0 Å². The van der Waals surface area contributed by atoms with Crippen LogP contribution in [0.2, 0.25) is 0 Å². The Bertz CT molecular complexity index is 1140. The highest BCUT2D eigenvalue weighted by atomic mass is 16.5. The van der Waals surface area contributed by atoms with E-state index in [9.17, 15) is 9.59 Å². The summed E-state index contributed by atoms with van der Waals surface area (Å²) in [6.07, 6.45) is 2.46. The van der Waals surface area contributed by atoms with Crippen LogP contribution in [0.1, 0.15) is 58.0 Å². The number of carbonyl (C=O) groups is 2. The van der Waals surface area contributed by atoms with E-state index < -0.39 is 0 Å². The van der Waals surface area contributed by atoms with Gasteiger partial charge in [0.25, 0.3) is 11.8 Å². The number of hydrogen-bond acceptors (Lipinski definition) is 3. The molecular formula is C30H34N2O3. The number of ether oxygens (including phenoxy) is 1. The number of rotatable bonds is 8. The fraction of sp³-hybridized carbons (Fsp3) is 0.333. The number of amides is 2. The summed E-state index contributed by atoms with van der Waals surface area (Å²) >= 11 is 0. The van der Waals surface area contributed by atoms with Crippen molar-refractivity contribution in [2.24, 2.45) is 0 Å². The zero-order valence-corrected chi connectivity index (χ0v) is 20.7. The van der Waals surface area contributed by atoms with Crippen molar-refractivity contribution in [2.75, 3.05) is 19.6 Å². The summed E-state index contributed by atoms with van der Waals surface area (Å²) in [5.41, 5.74) is 3.66. The maximum Gasteiger partial charge on any atom is 0.254 e. The van der Waals surface area contributed by atoms with Crippen LogP contribution in [0.15, 0.2) is 78.9 Å². The van der Waals surface area contributed by atoms with Gasteiger partial charge in [0, 0.05) is 36.8 Å². The lowest BCUT2D eigenvalue weighted by molar-refractivity contribution is 0.0519. The van der Waals surface area contributed by atoms with Gasteiger partial charge < -0.3 is 14.5 Å². The molecule has 0 aromatic heterocycles. The Balaban J connectivity index is 1.39. The smallest absolute Gasteiger partial charge is 0.254 e. The molecule has 1 fully saturated rings. The molecule has 1 aliphatic rings. The highest BCUT2D eigenvalue weighted by Gasteiger charge is 2.30. The van der Waals surface area contributed by atoms with Crippen LogP contribution in [0.4, 0.5) is 0 Å². The second-order valence-corrected chi connectivity index (χ2v) is 9.19. The molecule has 0 radical (unpaired) electrons. The van der Waals surface area contributed by atoms with E-state index in [1.54, 1.807) is 0 Å². The van der Waals surface area contributed by atoms with Gasteiger partial charge in [0.2, 0.25) is 0 Å². The van der Waals surface area contributed by atoms with E-state index in [-0.39, 0.29) is 17.9 Å². The maximum atomic E-state index is 13.5. The number of aryl methyl sites for hydroxylation is 1. The molecule has 0 atom stereocenters. The molecule has 1 aliphatic heterocycles. The first-order chi connectivity index (χ1) is 17.0. The van der Waals surface area contributed by atoms with Crippen LogP contribution in [0.25, 0.3) is 0 Å². The Hall–Kier alpha value is -3.60. The predicted molar refractivity (Wildman–Crippen MR) is 139 cm³/mol. The minimum Gasteiger partial charge on any atom is -0.489 e. The van der Waals surface area contributed by atoms with Crippen LogP contribution in [-0.4, -0.2) is 47.3 Å². The Morgan fingerprint density at radius 2 is 1.63 bits per heavy atom. The zero-order chi connectivity index (χ0) is 24.6. The maximum absolute atomic E-state index is 13.5. The first-order valence-electron chi connectivity index (χ1n) is 12.5. The van der Waals surface area contributed by atoms with Gasteiger partial charge in [0.15, 0.2) is 0 Å². The van der Waals surface area contributed by atoms with Crippen LogP contribution in [-0.2, 0) is 6.61 Å². The zero-order valence-electron chi connectivity index (χ0n) is 20.7. The summed E-state index contributed by atoms with van der Waals surface area (Å²) < 4.78 is 5.99. The molecule has 0 saturated carbocycles. The molecule has 0 aliphatic carbocycles. The first-order valence-corrected chi connectivity index (χ1v) is 12.5. The third-order valence-corrected chi connectivity index (χ3v) is 6.51. The predicted octanol–water partition coefficient (Wildman–Crippen LogP) is 5.73. The molecule has 4 rings (SSSR count). The minimum atomic E-state index is 0.0284. The number of carbonyl (C=O) groups excluding carboxylic acids is 2. The summed E-state index contributed by atoms with van der Waals surface area (Å²) in [5, 5.41) is 0. The van der Waals surface area contributed by atoms with Gasteiger partial charge in [0.1, 0.15) is 12.4 Å². The quantitative estimate of drug-likeness (QED) is 0.422. The molecule has 182 valence electrons. The van der Waals surface area contributed by atoms with Gasteiger partial charge in [-0.05, 0) is 62.1 Å². The van der Waals surface area contributed by atoms with Crippen molar-refractivity contribution in [1.82, 2.24) is 9.80 Å². The van der Waals surface area contributed by atoms with Crippen LogP contribution in [0, 0.1) is 6.92 Å². The van der Waals surface area contributed by atoms with Crippen molar-refractivity contribution in [3.05, 3.63) is 101 Å². The molecule has 5 heteroatoms. The number of piperidine rings is 1. The summed E-state index contributed by atoms with van der Waals surface area (Å²) in [5.74, 6) is 0.786. The van der Waals surface area contributed by atoms with Crippen LogP contribution < -0.4 is 4.74 Å². The topological polar surface area (TPSA) is 49.9 Å². The van der Waals surface area contributed by atoms with Gasteiger partial charge >= 0.3 is 0 Å². The standard InChI is InChI=1S/C30H34N2O3/c1-3-17-32(27-15-18-31(19-16-27)29(33)25-11-5-4-6-12-25)30(34)26-13-8-14-28(21-26)35-22-24-10-7-9-23(2)20-24/h4-14,20-21,27H,3,15-19,22H2,1-2H3. The monoisotopic (exact) mass is 470 g/mol. The van der Waals surface area contributed by atoms with Gasteiger partial charge in [-0.1, -0.05) is 61.0 Å². The minimum absolute atomic E-state index is 0.0284. The second kappa shape index (κ2) is 11.7. The number of benzene rings is 3. The van der Waals surface area contributed by atoms with Crippen molar-refractivity contribution in [3.63, 3.8) is 0 Å². The average Bonchev–Trinajstić information content (AvgIpc) is 2.91. The van der Waals surface area contributed by atoms with Crippen LogP contribution in [0.5, 0.6) is 5.75 Å². The summed E-state index contributed by atoms with van der Waals surface area (Å²) in [6.45, 7) is 6.64. The van der Waals surface area contributed by atoms with Crippen molar-refractivity contribution in [3.8, 4) is 5.75 Å². The van der Waals surface area contributed by atoms with Crippen molar-refractivity contribution in [2.45, 2.75) is 45.8 Å². The fourth-order valence-corrected chi connectivity index (χ4v) is 4.69. The van der Waals surface area contributed by atoms with Gasteiger partial charge in [-0.3, -0.25) is 9.59 Å². The van der Waals surface area contributed by atoms with Crippen LogP contribution in [0.3, 0.4) is 0 Å². The average molecular weight is 471 g/mol. The SMILES string of the molecule is CCCN(C(=O)c1cccc(OCc2cccc(C)c2)c1)C1CCN(C(=O)c2ccccc2)CC1. The molecule has 35 heavy (non-hydrogen) atoms. The summed E-state index contributed by atoms with van der Waals surface area (Å²) in [4.78, 5) is 30.2. The van der Waals surface area contributed by atoms with E-state index in [2.05, 4.69) is 26.0 Å². The molecular weight excluding hydrogens is 436 g/mol. The molecule has 1 saturated heterocycles. The normalized spacial score (nSPS) is 13.9. The number of nitrogens with zero attached hydrogens (tertiary/aromatic N) is 2.